The molecule has 3 rings (SSSR count). The van der Waals surface area contributed by atoms with E-state index in [2.05, 4.69) is 88.1 Å². The molecule has 0 amide bonds. The second kappa shape index (κ2) is 6.47. The molecule has 0 radical (unpaired) electrons. The summed E-state index contributed by atoms with van der Waals surface area (Å²) >= 11 is 0. The molecule has 1 nitrogen and oxygen atoms in total. The number of fused-ring (bicyclic) bond motifs is 1. The van der Waals surface area contributed by atoms with Crippen molar-refractivity contribution in [2.45, 2.75) is 52.9 Å². The second-order valence-corrected chi connectivity index (χ2v) is 7.48. The summed E-state index contributed by atoms with van der Waals surface area (Å²) in [4.78, 5) is 2.40. The summed E-state index contributed by atoms with van der Waals surface area (Å²) in [6.45, 7) is 12.3. The van der Waals surface area contributed by atoms with Crippen LogP contribution in [-0.4, -0.2) is 6.54 Å². The maximum absolute atomic E-state index is 2.43. The van der Waals surface area contributed by atoms with Gasteiger partial charge in [0.1, 0.15) is 0 Å². The minimum atomic E-state index is 0.205. The summed E-state index contributed by atoms with van der Waals surface area (Å²) in [6, 6.07) is 15.9. The highest BCUT2D eigenvalue weighted by Gasteiger charge is 2.28. The van der Waals surface area contributed by atoms with E-state index in [1.165, 1.54) is 33.6 Å². The topological polar surface area (TPSA) is 3.24 Å². The first-order valence-corrected chi connectivity index (χ1v) is 9.14. The Labute approximate surface area is 147 Å². The zero-order valence-electron chi connectivity index (χ0n) is 15.7. The number of rotatable bonds is 4. The summed E-state index contributed by atoms with van der Waals surface area (Å²) in [5.74, 6) is 0. The zero-order chi connectivity index (χ0) is 17.3. The quantitative estimate of drug-likeness (QED) is 0.611. The fraction of sp³-hybridized carbons (Fsp3) is 0.391. The molecule has 0 aliphatic heterocycles. The molecule has 2 aromatic carbocycles. The molecule has 126 valence electrons. The third kappa shape index (κ3) is 3.00. The summed E-state index contributed by atoms with van der Waals surface area (Å²) in [5, 5.41) is 0. The molecule has 0 spiro atoms. The van der Waals surface area contributed by atoms with Gasteiger partial charge in [0.25, 0.3) is 0 Å². The first kappa shape index (κ1) is 16.8. The first-order valence-electron chi connectivity index (χ1n) is 9.14. The molecule has 0 saturated carbocycles. The third-order valence-electron chi connectivity index (χ3n) is 5.29. The van der Waals surface area contributed by atoms with E-state index >= 15 is 0 Å². The number of benzene rings is 2. The molecule has 1 heteroatoms. The fourth-order valence-corrected chi connectivity index (χ4v) is 3.71. The molecule has 0 N–H and O–H groups in total. The Kier molecular flexibility index (Phi) is 4.54. The number of aryl methyl sites for hydroxylation is 1. The van der Waals surface area contributed by atoms with Gasteiger partial charge in [-0.15, -0.1) is 0 Å². The van der Waals surface area contributed by atoms with Gasteiger partial charge < -0.3 is 4.90 Å². The number of allylic oxidation sites excluding steroid dienone is 2. The maximum Gasteiger partial charge on any atom is 0.0414 e. The number of hydrogen-bond donors (Lipinski definition) is 0. The molecule has 1 aliphatic carbocycles. The molecule has 0 bridgehead atoms. The summed E-state index contributed by atoms with van der Waals surface area (Å²) in [5.41, 5.74) is 8.50. The Hall–Kier alpha value is -2.02. The minimum absolute atomic E-state index is 0.205. The van der Waals surface area contributed by atoms with E-state index in [1.807, 2.05) is 0 Å². The molecular weight excluding hydrogens is 290 g/mol. The Bertz CT molecular complexity index is 750. The van der Waals surface area contributed by atoms with Crippen LogP contribution in [0, 0.1) is 6.92 Å². The van der Waals surface area contributed by atoms with Crippen molar-refractivity contribution in [3.8, 4) is 0 Å². The van der Waals surface area contributed by atoms with Crippen molar-refractivity contribution in [2.75, 3.05) is 11.4 Å². The number of hydrogen-bond acceptors (Lipinski definition) is 1. The van der Waals surface area contributed by atoms with Gasteiger partial charge in [0, 0.05) is 17.9 Å². The Morgan fingerprint density at radius 1 is 0.958 bits per heavy atom. The average molecular weight is 319 g/mol. The Morgan fingerprint density at radius 3 is 2.25 bits per heavy atom. The van der Waals surface area contributed by atoms with Crippen molar-refractivity contribution >= 4 is 16.9 Å². The van der Waals surface area contributed by atoms with Gasteiger partial charge in [-0.25, -0.2) is 0 Å². The van der Waals surface area contributed by atoms with Crippen molar-refractivity contribution < 1.29 is 0 Å². The summed E-state index contributed by atoms with van der Waals surface area (Å²) < 4.78 is 0. The van der Waals surface area contributed by atoms with Gasteiger partial charge >= 0.3 is 0 Å². The third-order valence-corrected chi connectivity index (χ3v) is 5.29. The largest absolute Gasteiger partial charge is 0.342 e. The summed E-state index contributed by atoms with van der Waals surface area (Å²) in [7, 11) is 0. The second-order valence-electron chi connectivity index (χ2n) is 7.48. The van der Waals surface area contributed by atoms with Crippen LogP contribution in [0.2, 0.25) is 0 Å². The predicted molar refractivity (Wildman–Crippen MR) is 106 cm³/mol. The monoisotopic (exact) mass is 319 g/mol. The molecule has 1 aliphatic rings. The molecule has 0 heterocycles. The SMILES string of the molecule is CCC1=CCC(C)(C)c2cc(N(CC)c3ccc(C)cc3)ccc21. The van der Waals surface area contributed by atoms with Crippen LogP contribution in [-0.2, 0) is 5.41 Å². The molecule has 0 fully saturated rings. The van der Waals surface area contributed by atoms with Crippen LogP contribution in [0.4, 0.5) is 11.4 Å². The van der Waals surface area contributed by atoms with E-state index in [9.17, 15) is 0 Å². The van der Waals surface area contributed by atoms with Gasteiger partial charge in [-0.05, 0) is 73.1 Å². The van der Waals surface area contributed by atoms with E-state index in [4.69, 9.17) is 0 Å². The molecule has 24 heavy (non-hydrogen) atoms. The van der Waals surface area contributed by atoms with E-state index in [-0.39, 0.29) is 5.41 Å². The predicted octanol–water partition coefficient (Wildman–Crippen LogP) is 6.63. The van der Waals surface area contributed by atoms with Gasteiger partial charge in [-0.2, -0.15) is 0 Å². The molecule has 2 aromatic rings. The lowest BCUT2D eigenvalue weighted by atomic mass is 9.73. The molecule has 0 atom stereocenters. The van der Waals surface area contributed by atoms with Crippen molar-refractivity contribution in [1.82, 2.24) is 0 Å². The molecule has 0 aromatic heterocycles. The van der Waals surface area contributed by atoms with E-state index in [0.717, 1.165) is 19.4 Å². The van der Waals surface area contributed by atoms with Gasteiger partial charge in [-0.3, -0.25) is 0 Å². The lowest BCUT2D eigenvalue weighted by Crippen LogP contribution is -2.23. The van der Waals surface area contributed by atoms with Gasteiger partial charge in [-0.1, -0.05) is 50.6 Å². The molecule has 0 saturated heterocycles. The van der Waals surface area contributed by atoms with Crippen LogP contribution < -0.4 is 4.90 Å². The highest BCUT2D eigenvalue weighted by atomic mass is 15.1. The normalized spacial score (nSPS) is 15.6. The standard InChI is InChI=1S/C23H29N/c1-6-18-14-15-23(4,5)22-16-20(12-13-21(18)22)24(7-2)19-10-8-17(3)9-11-19/h8-14,16H,6-7,15H2,1-5H3. The van der Waals surface area contributed by atoms with E-state index < -0.39 is 0 Å². The Balaban J connectivity index is 2.06. The number of anilines is 2. The fourth-order valence-electron chi connectivity index (χ4n) is 3.71. The van der Waals surface area contributed by atoms with Crippen LogP contribution >= 0.6 is 0 Å². The maximum atomic E-state index is 2.43. The molecular formula is C23H29N. The van der Waals surface area contributed by atoms with Crippen molar-refractivity contribution in [3.05, 3.63) is 65.2 Å². The smallest absolute Gasteiger partial charge is 0.0414 e. The summed E-state index contributed by atoms with van der Waals surface area (Å²) in [6.07, 6.45) is 4.67. The van der Waals surface area contributed by atoms with Crippen LogP contribution in [0.5, 0.6) is 0 Å². The van der Waals surface area contributed by atoms with Gasteiger partial charge in [0.2, 0.25) is 0 Å². The van der Waals surface area contributed by atoms with E-state index in [0.29, 0.717) is 0 Å². The van der Waals surface area contributed by atoms with Crippen molar-refractivity contribution in [3.63, 3.8) is 0 Å². The lowest BCUT2D eigenvalue weighted by Gasteiger charge is -2.34. The zero-order valence-corrected chi connectivity index (χ0v) is 15.7. The Morgan fingerprint density at radius 2 is 1.62 bits per heavy atom. The minimum Gasteiger partial charge on any atom is -0.342 e. The van der Waals surface area contributed by atoms with E-state index in [1.54, 1.807) is 0 Å². The lowest BCUT2D eigenvalue weighted by molar-refractivity contribution is 0.526. The van der Waals surface area contributed by atoms with Crippen molar-refractivity contribution in [1.29, 1.82) is 0 Å². The highest BCUT2D eigenvalue weighted by Crippen LogP contribution is 2.42. The highest BCUT2D eigenvalue weighted by molar-refractivity contribution is 5.75. The van der Waals surface area contributed by atoms with Crippen LogP contribution in [0.1, 0.15) is 57.2 Å². The molecule has 0 unspecified atom stereocenters. The van der Waals surface area contributed by atoms with Crippen LogP contribution in [0.3, 0.4) is 0 Å². The first-order chi connectivity index (χ1) is 11.5. The van der Waals surface area contributed by atoms with Gasteiger partial charge in [0.05, 0.1) is 0 Å². The number of nitrogens with zero attached hydrogens (tertiary/aromatic N) is 1. The van der Waals surface area contributed by atoms with Crippen LogP contribution in [0.15, 0.2) is 48.5 Å². The van der Waals surface area contributed by atoms with Gasteiger partial charge in [0.15, 0.2) is 0 Å². The average Bonchev–Trinajstić information content (AvgIpc) is 2.58. The van der Waals surface area contributed by atoms with Crippen molar-refractivity contribution in [2.24, 2.45) is 0 Å². The van der Waals surface area contributed by atoms with Crippen LogP contribution in [0.25, 0.3) is 5.57 Å².